The molecule has 1 aliphatic rings. The molecule has 0 bridgehead atoms. The van der Waals surface area contributed by atoms with Crippen LogP contribution in [0.3, 0.4) is 0 Å². The van der Waals surface area contributed by atoms with Gasteiger partial charge in [0.1, 0.15) is 5.75 Å². The highest BCUT2D eigenvalue weighted by Gasteiger charge is 2.11. The van der Waals surface area contributed by atoms with Crippen molar-refractivity contribution in [2.75, 3.05) is 20.3 Å². The smallest absolute Gasteiger partial charge is 0.123 e. The van der Waals surface area contributed by atoms with E-state index in [1.165, 1.54) is 10.5 Å². The van der Waals surface area contributed by atoms with Crippen molar-refractivity contribution in [2.24, 2.45) is 0 Å². The van der Waals surface area contributed by atoms with Gasteiger partial charge in [-0.1, -0.05) is 12.7 Å². The highest BCUT2D eigenvalue weighted by Crippen LogP contribution is 2.29. The zero-order valence-electron chi connectivity index (χ0n) is 8.54. The summed E-state index contributed by atoms with van der Waals surface area (Å²) in [4.78, 5) is 1.21. The van der Waals surface area contributed by atoms with Crippen LogP contribution in [0.15, 0.2) is 23.1 Å². The molecule has 2 nitrogen and oxygen atoms in total. The molecule has 14 heavy (non-hydrogen) atoms. The van der Waals surface area contributed by atoms with E-state index in [9.17, 15) is 0 Å². The third kappa shape index (κ3) is 2.88. The molecule has 1 aromatic rings. The summed E-state index contributed by atoms with van der Waals surface area (Å²) in [5.74, 6) is 1.05. The Morgan fingerprint density at radius 1 is 1.43 bits per heavy atom. The fourth-order valence-electron chi connectivity index (χ4n) is 1.33. The van der Waals surface area contributed by atoms with Gasteiger partial charge in [-0.2, -0.15) is 0 Å². The van der Waals surface area contributed by atoms with Gasteiger partial charge in [-0.3, -0.25) is 4.72 Å². The Labute approximate surface area is 92.1 Å². The zero-order valence-corrected chi connectivity index (χ0v) is 10.5. The summed E-state index contributed by atoms with van der Waals surface area (Å²) >= 11 is 1.61. The van der Waals surface area contributed by atoms with Crippen LogP contribution in [0.1, 0.15) is 5.56 Å². The standard InChI is InChI=1S/C9H11NOS.CH5P/c1-10-12-8-3-2-7-4-5-11-9(7)6-8;1-2/h2-3,6,10H,4-5H2,1H3;2H2,1H3. The lowest BCUT2D eigenvalue weighted by atomic mass is 10.2. The van der Waals surface area contributed by atoms with Crippen molar-refractivity contribution >= 4 is 21.2 Å². The van der Waals surface area contributed by atoms with Gasteiger partial charge in [-0.15, -0.1) is 9.24 Å². The summed E-state index contributed by atoms with van der Waals surface area (Å²) in [6, 6.07) is 6.35. The summed E-state index contributed by atoms with van der Waals surface area (Å²) in [5.41, 5.74) is 1.33. The first kappa shape index (κ1) is 11.8. The lowest BCUT2D eigenvalue weighted by molar-refractivity contribution is 0.356. The minimum atomic E-state index is 0.836. The molecular formula is C10H16NOPS. The third-order valence-corrected chi connectivity index (χ3v) is 2.58. The third-order valence-electron chi connectivity index (χ3n) is 1.89. The Morgan fingerprint density at radius 2 is 2.21 bits per heavy atom. The molecule has 0 aromatic heterocycles. The molecule has 1 unspecified atom stereocenters. The van der Waals surface area contributed by atoms with E-state index in [1.807, 2.05) is 13.7 Å². The SMILES string of the molecule is CNSc1ccc2c(c1)OCC2.CP. The summed E-state index contributed by atoms with van der Waals surface area (Å²) in [5, 5.41) is 0. The topological polar surface area (TPSA) is 21.3 Å². The minimum Gasteiger partial charge on any atom is -0.493 e. The lowest BCUT2D eigenvalue weighted by Crippen LogP contribution is -1.90. The molecule has 1 heterocycles. The Morgan fingerprint density at radius 3 is 2.93 bits per heavy atom. The second kappa shape index (κ2) is 6.28. The van der Waals surface area contributed by atoms with Crippen LogP contribution in [-0.2, 0) is 6.42 Å². The molecule has 0 aliphatic carbocycles. The van der Waals surface area contributed by atoms with Crippen LogP contribution in [0, 0.1) is 0 Å². The van der Waals surface area contributed by atoms with Crippen molar-refractivity contribution in [1.29, 1.82) is 0 Å². The summed E-state index contributed by atoms with van der Waals surface area (Å²) in [7, 11) is 4.33. The molecule has 0 fully saturated rings. The van der Waals surface area contributed by atoms with Crippen molar-refractivity contribution in [2.45, 2.75) is 11.3 Å². The van der Waals surface area contributed by atoms with Gasteiger partial charge in [0.05, 0.1) is 6.61 Å². The predicted octanol–water partition coefficient (Wildman–Crippen LogP) is 2.34. The lowest BCUT2D eigenvalue weighted by Gasteiger charge is -2.02. The van der Waals surface area contributed by atoms with Gasteiger partial charge in [-0.05, 0) is 36.7 Å². The molecular weight excluding hydrogens is 213 g/mol. The molecule has 0 spiro atoms. The van der Waals surface area contributed by atoms with E-state index in [0.29, 0.717) is 0 Å². The maximum atomic E-state index is 5.44. The van der Waals surface area contributed by atoms with Gasteiger partial charge in [0.2, 0.25) is 0 Å². The number of fused-ring (bicyclic) bond motifs is 1. The van der Waals surface area contributed by atoms with Crippen LogP contribution in [0.2, 0.25) is 0 Å². The Bertz CT molecular complexity index is 293. The van der Waals surface area contributed by atoms with E-state index in [2.05, 4.69) is 32.2 Å². The highest BCUT2D eigenvalue weighted by atomic mass is 32.2. The fourth-order valence-corrected chi connectivity index (χ4v) is 1.87. The largest absolute Gasteiger partial charge is 0.493 e. The van der Waals surface area contributed by atoms with E-state index >= 15 is 0 Å². The second-order valence-corrected chi connectivity index (χ2v) is 3.76. The van der Waals surface area contributed by atoms with Crippen LogP contribution in [0.4, 0.5) is 0 Å². The van der Waals surface area contributed by atoms with E-state index < -0.39 is 0 Å². The normalized spacial score (nSPS) is 12.5. The van der Waals surface area contributed by atoms with Crippen LogP contribution < -0.4 is 9.46 Å². The maximum Gasteiger partial charge on any atom is 0.123 e. The summed E-state index contributed by atoms with van der Waals surface area (Å²) < 4.78 is 8.48. The number of ether oxygens (including phenoxy) is 1. The zero-order chi connectivity index (χ0) is 10.4. The van der Waals surface area contributed by atoms with E-state index in [4.69, 9.17) is 4.74 Å². The number of hydrogen-bond donors (Lipinski definition) is 1. The molecule has 0 amide bonds. The van der Waals surface area contributed by atoms with Crippen LogP contribution in [0.5, 0.6) is 5.75 Å². The Hall–Kier alpha value is -0.240. The fraction of sp³-hybridized carbons (Fsp3) is 0.400. The summed E-state index contributed by atoms with van der Waals surface area (Å²) in [6.07, 6.45) is 1.06. The number of rotatable bonds is 2. The van der Waals surface area contributed by atoms with Crippen LogP contribution >= 0.6 is 21.2 Å². The van der Waals surface area contributed by atoms with Crippen LogP contribution in [0.25, 0.3) is 0 Å². The molecule has 1 aromatic carbocycles. The van der Waals surface area contributed by atoms with E-state index in [1.54, 1.807) is 11.9 Å². The van der Waals surface area contributed by atoms with Gasteiger partial charge < -0.3 is 4.74 Å². The van der Waals surface area contributed by atoms with Crippen molar-refractivity contribution in [1.82, 2.24) is 4.72 Å². The van der Waals surface area contributed by atoms with Gasteiger partial charge >= 0.3 is 0 Å². The molecule has 1 aliphatic heterocycles. The monoisotopic (exact) mass is 229 g/mol. The van der Waals surface area contributed by atoms with Gasteiger partial charge in [0.15, 0.2) is 0 Å². The van der Waals surface area contributed by atoms with Gasteiger partial charge in [-0.25, -0.2) is 0 Å². The molecule has 0 saturated heterocycles. The Balaban J connectivity index is 0.000000461. The molecule has 0 radical (unpaired) electrons. The maximum absolute atomic E-state index is 5.44. The van der Waals surface area contributed by atoms with E-state index in [-0.39, 0.29) is 0 Å². The van der Waals surface area contributed by atoms with Gasteiger partial charge in [0.25, 0.3) is 0 Å². The van der Waals surface area contributed by atoms with Crippen LogP contribution in [-0.4, -0.2) is 20.3 Å². The average Bonchev–Trinajstić information content (AvgIpc) is 2.68. The van der Waals surface area contributed by atoms with Crippen molar-refractivity contribution in [3.05, 3.63) is 23.8 Å². The number of nitrogens with one attached hydrogen (secondary N) is 1. The molecule has 1 atom stereocenters. The first-order valence-electron chi connectivity index (χ1n) is 4.57. The number of hydrogen-bond acceptors (Lipinski definition) is 3. The number of benzene rings is 1. The molecule has 0 saturated carbocycles. The molecule has 78 valence electrons. The molecule has 4 heteroatoms. The summed E-state index contributed by atoms with van der Waals surface area (Å²) in [6.45, 7) is 2.75. The van der Waals surface area contributed by atoms with Crippen molar-refractivity contribution in [3.8, 4) is 5.75 Å². The minimum absolute atomic E-state index is 0.836. The van der Waals surface area contributed by atoms with E-state index in [0.717, 1.165) is 18.8 Å². The van der Waals surface area contributed by atoms with Crippen molar-refractivity contribution in [3.63, 3.8) is 0 Å². The quantitative estimate of drug-likeness (QED) is 0.621. The van der Waals surface area contributed by atoms with Crippen molar-refractivity contribution < 1.29 is 4.74 Å². The predicted molar refractivity (Wildman–Crippen MR) is 66.2 cm³/mol. The van der Waals surface area contributed by atoms with Gasteiger partial charge in [0, 0.05) is 11.3 Å². The Kier molecular flexibility index (Phi) is 5.31. The molecule has 1 N–H and O–H groups in total. The second-order valence-electron chi connectivity index (χ2n) is 2.67. The molecule has 2 rings (SSSR count). The highest BCUT2D eigenvalue weighted by molar-refractivity contribution is 7.97. The average molecular weight is 229 g/mol. The first-order chi connectivity index (χ1) is 6.90. The first-order valence-corrected chi connectivity index (χ1v) is 6.54.